The van der Waals surface area contributed by atoms with Crippen molar-refractivity contribution in [3.63, 3.8) is 0 Å². The van der Waals surface area contributed by atoms with E-state index in [4.69, 9.17) is 4.74 Å². The number of carbonyl (C=O) groups is 3. The van der Waals surface area contributed by atoms with Crippen LogP contribution in [0.4, 0.5) is 5.00 Å². The van der Waals surface area contributed by atoms with E-state index >= 15 is 0 Å². The lowest BCUT2D eigenvalue weighted by Crippen LogP contribution is -2.18. The van der Waals surface area contributed by atoms with Crippen molar-refractivity contribution in [2.75, 3.05) is 11.9 Å². The Morgan fingerprint density at radius 2 is 2.08 bits per heavy atom. The maximum absolute atomic E-state index is 12.4. The number of hydrogen-bond acceptors (Lipinski definition) is 5. The number of esters is 1. The molecule has 2 heterocycles. The summed E-state index contributed by atoms with van der Waals surface area (Å²) >= 11 is 1.35. The second-order valence-corrected chi connectivity index (χ2v) is 7.06. The maximum atomic E-state index is 12.4. The SMILES string of the molecule is Cc1sc(NC(=O)C2CC2)c(C(=O)OCC(=O)c2ccc[nH]2)c1C. The third kappa shape index (κ3) is 3.41. The van der Waals surface area contributed by atoms with E-state index in [0.29, 0.717) is 16.3 Å². The molecule has 3 rings (SSSR count). The minimum absolute atomic E-state index is 0.0473. The Morgan fingerprint density at radius 3 is 2.71 bits per heavy atom. The van der Waals surface area contributed by atoms with Gasteiger partial charge in [-0.25, -0.2) is 4.79 Å². The van der Waals surface area contributed by atoms with Crippen LogP contribution in [0.15, 0.2) is 18.3 Å². The van der Waals surface area contributed by atoms with Crippen molar-refractivity contribution >= 4 is 34.0 Å². The fourth-order valence-electron chi connectivity index (χ4n) is 2.31. The van der Waals surface area contributed by atoms with E-state index in [2.05, 4.69) is 10.3 Å². The van der Waals surface area contributed by atoms with Crippen LogP contribution in [0.2, 0.25) is 0 Å². The average Bonchev–Trinajstić information content (AvgIpc) is 3.19. The molecule has 126 valence electrons. The molecule has 1 aliphatic carbocycles. The predicted molar refractivity (Wildman–Crippen MR) is 90.6 cm³/mol. The first-order valence-electron chi connectivity index (χ1n) is 7.72. The van der Waals surface area contributed by atoms with Crippen LogP contribution in [0.3, 0.4) is 0 Å². The minimum atomic E-state index is -0.595. The van der Waals surface area contributed by atoms with Crippen molar-refractivity contribution in [3.05, 3.63) is 40.0 Å². The maximum Gasteiger partial charge on any atom is 0.341 e. The topological polar surface area (TPSA) is 88.3 Å². The van der Waals surface area contributed by atoms with Gasteiger partial charge in [0.25, 0.3) is 0 Å². The molecule has 2 aromatic rings. The summed E-state index contributed by atoms with van der Waals surface area (Å²) in [5.41, 5.74) is 1.50. The van der Waals surface area contributed by atoms with Crippen LogP contribution < -0.4 is 5.32 Å². The molecule has 0 atom stereocenters. The van der Waals surface area contributed by atoms with E-state index in [1.165, 1.54) is 11.3 Å². The second kappa shape index (κ2) is 6.60. The molecule has 0 unspecified atom stereocenters. The van der Waals surface area contributed by atoms with E-state index in [9.17, 15) is 14.4 Å². The summed E-state index contributed by atoms with van der Waals surface area (Å²) in [6.45, 7) is 3.35. The number of aryl methyl sites for hydroxylation is 1. The first-order valence-corrected chi connectivity index (χ1v) is 8.53. The van der Waals surface area contributed by atoms with Gasteiger partial charge in [0.2, 0.25) is 11.7 Å². The highest BCUT2D eigenvalue weighted by atomic mass is 32.1. The fourth-order valence-corrected chi connectivity index (χ4v) is 3.36. The number of H-pyrrole nitrogens is 1. The number of aromatic amines is 1. The number of rotatable bonds is 6. The van der Waals surface area contributed by atoms with Crippen LogP contribution in [0.25, 0.3) is 0 Å². The number of nitrogens with one attached hydrogen (secondary N) is 2. The summed E-state index contributed by atoms with van der Waals surface area (Å²) in [6, 6.07) is 3.32. The number of aromatic nitrogens is 1. The van der Waals surface area contributed by atoms with Gasteiger partial charge in [0.1, 0.15) is 5.00 Å². The Morgan fingerprint density at radius 1 is 1.33 bits per heavy atom. The molecule has 1 amide bonds. The van der Waals surface area contributed by atoms with E-state index in [1.54, 1.807) is 18.3 Å². The van der Waals surface area contributed by atoms with Crippen LogP contribution in [0.1, 0.15) is 44.1 Å². The first kappa shape index (κ1) is 16.4. The number of carbonyl (C=O) groups excluding carboxylic acids is 3. The zero-order chi connectivity index (χ0) is 17.3. The lowest BCUT2D eigenvalue weighted by molar-refractivity contribution is -0.117. The fraction of sp³-hybridized carbons (Fsp3) is 0.353. The number of Topliss-reactive ketones (excluding diaryl/α,β-unsaturated/α-hetero) is 1. The van der Waals surface area contributed by atoms with Gasteiger partial charge in [-0.2, -0.15) is 0 Å². The molecule has 0 bridgehead atoms. The first-order chi connectivity index (χ1) is 11.5. The summed E-state index contributed by atoms with van der Waals surface area (Å²) < 4.78 is 5.15. The summed E-state index contributed by atoms with van der Waals surface area (Å²) in [5, 5.41) is 3.32. The Labute approximate surface area is 143 Å². The third-order valence-corrected chi connectivity index (χ3v) is 5.13. The van der Waals surface area contributed by atoms with Crippen molar-refractivity contribution in [1.82, 2.24) is 4.98 Å². The number of hydrogen-bond donors (Lipinski definition) is 2. The predicted octanol–water partition coefficient (Wildman–Crippen LogP) is 3.08. The largest absolute Gasteiger partial charge is 0.454 e. The summed E-state index contributed by atoms with van der Waals surface area (Å²) in [5.74, 6) is -0.914. The molecule has 1 aliphatic rings. The van der Waals surface area contributed by atoms with Crippen molar-refractivity contribution in [1.29, 1.82) is 0 Å². The van der Waals surface area contributed by atoms with Gasteiger partial charge < -0.3 is 15.0 Å². The third-order valence-electron chi connectivity index (χ3n) is 4.01. The lowest BCUT2D eigenvalue weighted by atomic mass is 10.1. The highest BCUT2D eigenvalue weighted by Gasteiger charge is 2.31. The van der Waals surface area contributed by atoms with Crippen molar-refractivity contribution in [2.24, 2.45) is 5.92 Å². The van der Waals surface area contributed by atoms with Gasteiger partial charge in [-0.3, -0.25) is 9.59 Å². The number of ether oxygens (including phenoxy) is 1. The van der Waals surface area contributed by atoms with E-state index < -0.39 is 5.97 Å². The van der Waals surface area contributed by atoms with Crippen LogP contribution in [-0.2, 0) is 9.53 Å². The van der Waals surface area contributed by atoms with Crippen LogP contribution >= 0.6 is 11.3 Å². The molecule has 0 aromatic carbocycles. The van der Waals surface area contributed by atoms with Crippen LogP contribution in [0, 0.1) is 19.8 Å². The van der Waals surface area contributed by atoms with Gasteiger partial charge in [0.05, 0.1) is 11.3 Å². The Balaban J connectivity index is 1.71. The molecule has 2 N–H and O–H groups in total. The van der Waals surface area contributed by atoms with Gasteiger partial charge in [-0.15, -0.1) is 11.3 Å². The molecule has 0 spiro atoms. The Hall–Kier alpha value is -2.41. The molecule has 0 saturated heterocycles. The molecule has 0 radical (unpaired) electrons. The number of anilines is 1. The van der Waals surface area contributed by atoms with E-state index in [-0.39, 0.29) is 24.2 Å². The Bertz CT molecular complexity index is 788. The zero-order valence-electron chi connectivity index (χ0n) is 13.5. The van der Waals surface area contributed by atoms with Crippen molar-refractivity contribution in [3.8, 4) is 0 Å². The van der Waals surface area contributed by atoms with Gasteiger partial charge >= 0.3 is 5.97 Å². The van der Waals surface area contributed by atoms with Gasteiger partial charge in [0.15, 0.2) is 6.61 Å². The molecule has 1 fully saturated rings. The van der Waals surface area contributed by atoms with Gasteiger partial charge in [-0.1, -0.05) is 0 Å². The number of thiophene rings is 1. The average molecular weight is 346 g/mol. The molecule has 6 nitrogen and oxygen atoms in total. The number of ketones is 1. The molecule has 1 saturated carbocycles. The molecular formula is C17H18N2O4S. The van der Waals surface area contributed by atoms with E-state index in [0.717, 1.165) is 23.3 Å². The summed E-state index contributed by atoms with van der Waals surface area (Å²) in [7, 11) is 0. The standard InChI is InChI=1S/C17H18N2O4S/c1-9-10(2)24-16(19-15(21)11-5-6-11)14(9)17(22)23-8-13(20)12-4-3-7-18-12/h3-4,7,11,18H,5-6,8H2,1-2H3,(H,19,21). The quantitative estimate of drug-likeness (QED) is 0.621. The Kier molecular flexibility index (Phi) is 4.53. The van der Waals surface area contributed by atoms with Crippen molar-refractivity contribution in [2.45, 2.75) is 26.7 Å². The molecule has 0 aliphatic heterocycles. The monoisotopic (exact) mass is 346 g/mol. The van der Waals surface area contributed by atoms with Gasteiger partial charge in [0, 0.05) is 17.0 Å². The van der Waals surface area contributed by atoms with Crippen LogP contribution in [0.5, 0.6) is 0 Å². The van der Waals surface area contributed by atoms with Crippen molar-refractivity contribution < 1.29 is 19.1 Å². The molecular weight excluding hydrogens is 328 g/mol. The molecule has 24 heavy (non-hydrogen) atoms. The molecule has 7 heteroatoms. The van der Waals surface area contributed by atoms with E-state index in [1.807, 2.05) is 13.8 Å². The molecule has 2 aromatic heterocycles. The number of amides is 1. The van der Waals surface area contributed by atoms with Crippen LogP contribution in [-0.4, -0.2) is 29.3 Å². The highest BCUT2D eigenvalue weighted by molar-refractivity contribution is 7.16. The summed E-state index contributed by atoms with van der Waals surface area (Å²) in [6.07, 6.45) is 3.41. The second-order valence-electron chi connectivity index (χ2n) is 5.83. The summed E-state index contributed by atoms with van der Waals surface area (Å²) in [4.78, 5) is 40.0. The smallest absolute Gasteiger partial charge is 0.341 e. The minimum Gasteiger partial charge on any atom is -0.454 e. The lowest BCUT2D eigenvalue weighted by Gasteiger charge is -2.07. The highest BCUT2D eigenvalue weighted by Crippen LogP contribution is 2.36. The zero-order valence-corrected chi connectivity index (χ0v) is 14.3. The van der Waals surface area contributed by atoms with Gasteiger partial charge in [-0.05, 0) is 44.4 Å². The normalized spacial score (nSPS) is 13.6.